The van der Waals surface area contributed by atoms with Crippen molar-refractivity contribution in [1.29, 1.82) is 0 Å². The second kappa shape index (κ2) is 5.13. The van der Waals surface area contributed by atoms with Gasteiger partial charge >= 0.3 is 6.03 Å². The highest BCUT2D eigenvalue weighted by Crippen LogP contribution is 2.14. The lowest BCUT2D eigenvalue weighted by Crippen LogP contribution is -2.32. The Morgan fingerprint density at radius 2 is 1.81 bits per heavy atom. The summed E-state index contributed by atoms with van der Waals surface area (Å²) in [6, 6.07) is 5.37. The van der Waals surface area contributed by atoms with E-state index in [0.717, 1.165) is 0 Å². The van der Waals surface area contributed by atoms with E-state index < -0.39 is 12.1 Å². The summed E-state index contributed by atoms with van der Waals surface area (Å²) in [5, 5.41) is 5.00. The molecule has 0 aliphatic rings. The molecule has 1 aromatic rings. The second-order valence-corrected chi connectivity index (χ2v) is 3.35. The van der Waals surface area contributed by atoms with Crippen LogP contribution in [-0.2, 0) is 4.79 Å². The van der Waals surface area contributed by atoms with Crippen LogP contribution in [0.2, 0.25) is 0 Å². The molecule has 16 heavy (non-hydrogen) atoms. The van der Waals surface area contributed by atoms with Crippen molar-refractivity contribution in [1.82, 2.24) is 0 Å². The zero-order valence-corrected chi connectivity index (χ0v) is 8.86. The van der Waals surface area contributed by atoms with Crippen molar-refractivity contribution in [2.75, 3.05) is 10.6 Å². The Labute approximate surface area is 93.0 Å². The highest BCUT2D eigenvalue weighted by molar-refractivity contribution is 5.95. The third-order valence-corrected chi connectivity index (χ3v) is 1.81. The predicted octanol–water partition coefficient (Wildman–Crippen LogP) is 0.463. The van der Waals surface area contributed by atoms with Gasteiger partial charge in [-0.3, -0.25) is 4.79 Å². The van der Waals surface area contributed by atoms with Crippen LogP contribution >= 0.6 is 0 Å². The largest absolute Gasteiger partial charge is 0.351 e. The van der Waals surface area contributed by atoms with Gasteiger partial charge in [0.25, 0.3) is 0 Å². The summed E-state index contributed by atoms with van der Waals surface area (Å²) in [5.74, 6) is -0.295. The van der Waals surface area contributed by atoms with E-state index in [9.17, 15) is 9.59 Å². The van der Waals surface area contributed by atoms with Crippen LogP contribution in [-0.4, -0.2) is 18.0 Å². The van der Waals surface area contributed by atoms with Crippen LogP contribution < -0.4 is 22.1 Å². The number of anilines is 2. The molecule has 6 heteroatoms. The molecule has 6 nitrogen and oxygen atoms in total. The number of hydrogen-bond acceptors (Lipinski definition) is 3. The van der Waals surface area contributed by atoms with Gasteiger partial charge in [-0.1, -0.05) is 6.07 Å². The predicted molar refractivity (Wildman–Crippen MR) is 61.9 cm³/mol. The molecule has 0 aliphatic carbocycles. The smallest absolute Gasteiger partial charge is 0.316 e. The van der Waals surface area contributed by atoms with Crippen molar-refractivity contribution in [3.05, 3.63) is 24.3 Å². The molecule has 0 spiro atoms. The molecule has 1 atom stereocenters. The number of urea groups is 1. The lowest BCUT2D eigenvalue weighted by molar-refractivity contribution is -0.117. The van der Waals surface area contributed by atoms with Gasteiger partial charge in [0.15, 0.2) is 0 Å². The molecule has 0 unspecified atom stereocenters. The van der Waals surface area contributed by atoms with Crippen LogP contribution in [0, 0.1) is 0 Å². The molecule has 0 saturated carbocycles. The van der Waals surface area contributed by atoms with Crippen LogP contribution in [0.25, 0.3) is 0 Å². The quantitative estimate of drug-likeness (QED) is 0.596. The number of benzene rings is 1. The van der Waals surface area contributed by atoms with E-state index in [1.807, 2.05) is 0 Å². The van der Waals surface area contributed by atoms with Crippen molar-refractivity contribution in [3.8, 4) is 0 Å². The molecular formula is C10H14N4O2. The fraction of sp³-hybridized carbons (Fsp3) is 0.200. The Kier molecular flexibility index (Phi) is 3.84. The Balaban J connectivity index is 2.74. The van der Waals surface area contributed by atoms with E-state index in [-0.39, 0.29) is 5.91 Å². The molecule has 0 radical (unpaired) electrons. The summed E-state index contributed by atoms with van der Waals surface area (Å²) in [7, 11) is 0. The van der Waals surface area contributed by atoms with Crippen LogP contribution in [0.3, 0.4) is 0 Å². The number of nitrogens with one attached hydrogen (secondary N) is 2. The molecular weight excluding hydrogens is 208 g/mol. The summed E-state index contributed by atoms with van der Waals surface area (Å²) >= 11 is 0. The van der Waals surface area contributed by atoms with Gasteiger partial charge in [-0.2, -0.15) is 0 Å². The van der Waals surface area contributed by atoms with Gasteiger partial charge in [-0.15, -0.1) is 0 Å². The molecule has 0 bridgehead atoms. The Morgan fingerprint density at radius 1 is 1.25 bits per heavy atom. The van der Waals surface area contributed by atoms with Gasteiger partial charge < -0.3 is 22.1 Å². The number of hydrogen-bond donors (Lipinski definition) is 4. The van der Waals surface area contributed by atoms with Gasteiger partial charge in [-0.05, 0) is 25.1 Å². The lowest BCUT2D eigenvalue weighted by atomic mass is 10.2. The zero-order chi connectivity index (χ0) is 12.1. The van der Waals surface area contributed by atoms with Crippen LogP contribution in [0.5, 0.6) is 0 Å². The first kappa shape index (κ1) is 12.0. The molecule has 6 N–H and O–H groups in total. The Morgan fingerprint density at radius 3 is 2.31 bits per heavy atom. The molecule has 1 aromatic carbocycles. The molecule has 0 fully saturated rings. The fourth-order valence-electron chi connectivity index (χ4n) is 1.07. The second-order valence-electron chi connectivity index (χ2n) is 3.35. The van der Waals surface area contributed by atoms with Crippen LogP contribution in [0.4, 0.5) is 16.2 Å². The number of carbonyl (C=O) groups excluding carboxylic acids is 2. The number of rotatable bonds is 3. The standard InChI is InChI=1S/C10H14N4O2/c1-6(11)9(15)13-7-3-2-4-8(5-7)14-10(12)16/h2-6H,11H2,1H3,(H,13,15)(H3,12,14,16)/t6-/m1/s1. The van der Waals surface area contributed by atoms with E-state index in [0.29, 0.717) is 11.4 Å². The van der Waals surface area contributed by atoms with Crippen LogP contribution in [0.1, 0.15) is 6.92 Å². The third-order valence-electron chi connectivity index (χ3n) is 1.81. The minimum Gasteiger partial charge on any atom is -0.351 e. The summed E-state index contributed by atoms with van der Waals surface area (Å²) < 4.78 is 0. The van der Waals surface area contributed by atoms with Crippen molar-refractivity contribution in [3.63, 3.8) is 0 Å². The van der Waals surface area contributed by atoms with Crippen LogP contribution in [0.15, 0.2) is 24.3 Å². The van der Waals surface area contributed by atoms with E-state index in [4.69, 9.17) is 11.5 Å². The normalized spacial score (nSPS) is 11.6. The molecule has 0 heterocycles. The average molecular weight is 222 g/mol. The number of primary amides is 1. The van der Waals surface area contributed by atoms with E-state index in [1.165, 1.54) is 0 Å². The third kappa shape index (κ3) is 3.58. The minimum absolute atomic E-state index is 0.295. The fourth-order valence-corrected chi connectivity index (χ4v) is 1.07. The van der Waals surface area contributed by atoms with E-state index >= 15 is 0 Å². The van der Waals surface area contributed by atoms with Gasteiger partial charge in [0, 0.05) is 11.4 Å². The van der Waals surface area contributed by atoms with E-state index in [1.54, 1.807) is 31.2 Å². The van der Waals surface area contributed by atoms with Gasteiger partial charge in [0.2, 0.25) is 5.91 Å². The number of nitrogens with two attached hydrogens (primary N) is 2. The topological polar surface area (TPSA) is 110 Å². The zero-order valence-electron chi connectivity index (χ0n) is 8.86. The van der Waals surface area contributed by atoms with E-state index in [2.05, 4.69) is 10.6 Å². The summed E-state index contributed by atoms with van der Waals surface area (Å²) in [5.41, 5.74) is 11.4. The maximum Gasteiger partial charge on any atom is 0.316 e. The summed E-state index contributed by atoms with van der Waals surface area (Å²) in [6.45, 7) is 1.58. The molecule has 3 amide bonds. The average Bonchev–Trinajstić information content (AvgIpc) is 2.16. The number of amides is 3. The molecule has 0 aromatic heterocycles. The summed E-state index contributed by atoms with van der Waals surface area (Å²) in [6.07, 6.45) is 0. The molecule has 0 saturated heterocycles. The highest BCUT2D eigenvalue weighted by atomic mass is 16.2. The SMILES string of the molecule is C[C@@H](N)C(=O)Nc1cccc(NC(N)=O)c1. The van der Waals surface area contributed by atoms with Gasteiger partial charge in [0.1, 0.15) is 0 Å². The minimum atomic E-state index is -0.657. The maximum atomic E-state index is 11.3. The van der Waals surface area contributed by atoms with Crippen molar-refractivity contribution in [2.45, 2.75) is 13.0 Å². The monoisotopic (exact) mass is 222 g/mol. The van der Waals surface area contributed by atoms with Gasteiger partial charge in [-0.25, -0.2) is 4.79 Å². The first-order valence-corrected chi connectivity index (χ1v) is 4.72. The summed E-state index contributed by atoms with van der Waals surface area (Å²) in [4.78, 5) is 21.9. The molecule has 0 aliphatic heterocycles. The Bertz CT molecular complexity index is 404. The van der Waals surface area contributed by atoms with Crippen molar-refractivity contribution >= 4 is 23.3 Å². The van der Waals surface area contributed by atoms with Gasteiger partial charge in [0.05, 0.1) is 6.04 Å². The van der Waals surface area contributed by atoms with Crippen molar-refractivity contribution in [2.24, 2.45) is 11.5 Å². The molecule has 1 rings (SSSR count). The first-order valence-electron chi connectivity index (χ1n) is 4.72. The number of carbonyl (C=O) groups is 2. The first-order chi connectivity index (χ1) is 7.49. The Hall–Kier alpha value is -2.08. The highest BCUT2D eigenvalue weighted by Gasteiger charge is 2.07. The lowest BCUT2D eigenvalue weighted by Gasteiger charge is -2.09. The maximum absolute atomic E-state index is 11.3. The molecule has 86 valence electrons. The van der Waals surface area contributed by atoms with Crippen molar-refractivity contribution < 1.29 is 9.59 Å².